The van der Waals surface area contributed by atoms with Crippen LogP contribution in [0.5, 0.6) is 0 Å². The van der Waals surface area contributed by atoms with Crippen LogP contribution < -0.4 is 10.2 Å². The van der Waals surface area contributed by atoms with Gasteiger partial charge in [0.1, 0.15) is 0 Å². The third-order valence-corrected chi connectivity index (χ3v) is 3.96. The fourth-order valence-corrected chi connectivity index (χ4v) is 2.96. The molecule has 1 aliphatic heterocycles. The molecule has 18 heavy (non-hydrogen) atoms. The Morgan fingerprint density at radius 1 is 1.44 bits per heavy atom. The van der Waals surface area contributed by atoms with Gasteiger partial charge in [-0.15, -0.1) is 0 Å². The molecule has 0 saturated carbocycles. The molecule has 1 aromatic carbocycles. The Balaban J connectivity index is 2.31. The normalized spacial score (nSPS) is 19.9. The van der Waals surface area contributed by atoms with E-state index in [9.17, 15) is 18.5 Å². The summed E-state index contributed by atoms with van der Waals surface area (Å²) in [6.07, 6.45) is 0. The minimum absolute atomic E-state index is 0.180. The number of hydrogen-bond acceptors (Lipinski definition) is 6. The summed E-state index contributed by atoms with van der Waals surface area (Å²) in [5.41, 5.74) is 2.08. The molecule has 1 saturated heterocycles. The molecule has 1 aliphatic rings. The van der Waals surface area contributed by atoms with Crippen molar-refractivity contribution >= 4 is 15.7 Å². The smallest absolute Gasteiger partial charge is 0.289 e. The zero-order valence-corrected chi connectivity index (χ0v) is 10.0. The molecule has 0 bridgehead atoms. The van der Waals surface area contributed by atoms with Crippen LogP contribution in [-0.2, 0) is 14.9 Å². The average molecular weight is 273 g/mol. The zero-order chi connectivity index (χ0) is 13.2. The van der Waals surface area contributed by atoms with E-state index in [1.807, 2.05) is 0 Å². The molecular formula is C9H11N3O5S. The van der Waals surface area contributed by atoms with E-state index >= 15 is 0 Å². The Hall–Kier alpha value is -1.55. The van der Waals surface area contributed by atoms with Gasteiger partial charge in [0, 0.05) is 12.6 Å². The van der Waals surface area contributed by atoms with Gasteiger partial charge in [-0.3, -0.25) is 10.1 Å². The van der Waals surface area contributed by atoms with E-state index in [1.54, 1.807) is 0 Å². The van der Waals surface area contributed by atoms with Gasteiger partial charge in [-0.25, -0.2) is 18.6 Å². The molecule has 0 aromatic heterocycles. The second-order valence-electron chi connectivity index (χ2n) is 3.70. The average Bonchev–Trinajstić information content (AvgIpc) is 2.81. The maximum atomic E-state index is 12.0. The van der Waals surface area contributed by atoms with Crippen molar-refractivity contribution < 1.29 is 18.2 Å². The molecule has 1 fully saturated rings. The molecule has 0 aliphatic carbocycles. The first-order chi connectivity index (χ1) is 8.50. The van der Waals surface area contributed by atoms with Crippen LogP contribution in [0.15, 0.2) is 29.2 Å². The van der Waals surface area contributed by atoms with Gasteiger partial charge >= 0.3 is 0 Å². The monoisotopic (exact) mass is 273 g/mol. The highest BCUT2D eigenvalue weighted by Crippen LogP contribution is 2.22. The predicted molar refractivity (Wildman–Crippen MR) is 61.2 cm³/mol. The van der Waals surface area contributed by atoms with Gasteiger partial charge in [0.25, 0.3) is 5.69 Å². The number of para-hydroxylation sites is 1. The van der Waals surface area contributed by atoms with Gasteiger partial charge in [-0.2, -0.15) is 0 Å². The van der Waals surface area contributed by atoms with E-state index < -0.39 is 26.7 Å². The molecule has 0 amide bonds. The molecule has 1 heterocycles. The molecule has 0 spiro atoms. The van der Waals surface area contributed by atoms with Crippen LogP contribution >= 0.6 is 0 Å². The summed E-state index contributed by atoms with van der Waals surface area (Å²) < 4.78 is 26.4. The highest BCUT2D eigenvalue weighted by atomic mass is 32.2. The molecular weight excluding hydrogens is 262 g/mol. The lowest BCUT2D eigenvalue weighted by molar-refractivity contribution is -0.387. The molecule has 9 heteroatoms. The Bertz CT molecular complexity index is 553. The van der Waals surface area contributed by atoms with Crippen molar-refractivity contribution in [2.45, 2.75) is 10.9 Å². The van der Waals surface area contributed by atoms with Crippen molar-refractivity contribution in [1.82, 2.24) is 10.2 Å². The zero-order valence-electron chi connectivity index (χ0n) is 9.20. The topological polar surface area (TPSA) is 111 Å². The van der Waals surface area contributed by atoms with E-state index in [-0.39, 0.29) is 11.5 Å². The summed E-state index contributed by atoms with van der Waals surface area (Å²) in [7, 11) is -3.93. The standard InChI is InChI=1S/C9H11N3O5S/c13-12(14)8-3-1-2-4-9(8)18(15,16)11-7-5-10-17-6-7/h1-4,7,10-11H,5-6H2/t7-/m1/s1. The van der Waals surface area contributed by atoms with Crippen molar-refractivity contribution in [2.75, 3.05) is 13.2 Å². The van der Waals surface area contributed by atoms with Crippen molar-refractivity contribution in [1.29, 1.82) is 0 Å². The first kappa shape index (κ1) is 12.9. The summed E-state index contributed by atoms with van der Waals surface area (Å²) in [6, 6.07) is 4.76. The Labute approximate surface area is 103 Å². The molecule has 0 unspecified atom stereocenters. The summed E-state index contributed by atoms with van der Waals surface area (Å²) in [5, 5.41) is 10.8. The molecule has 1 atom stereocenters. The quantitative estimate of drug-likeness (QED) is 0.579. The number of sulfonamides is 1. The summed E-state index contributed by atoms with van der Waals surface area (Å²) >= 11 is 0. The maximum Gasteiger partial charge on any atom is 0.289 e. The van der Waals surface area contributed by atoms with Gasteiger partial charge < -0.3 is 4.84 Å². The fraction of sp³-hybridized carbons (Fsp3) is 0.333. The van der Waals surface area contributed by atoms with Gasteiger partial charge in [0.15, 0.2) is 4.90 Å². The van der Waals surface area contributed by atoms with Gasteiger partial charge in [0.2, 0.25) is 10.0 Å². The number of nitro groups is 1. The van der Waals surface area contributed by atoms with Crippen LogP contribution in [0.4, 0.5) is 5.69 Å². The van der Waals surface area contributed by atoms with Crippen molar-refractivity contribution in [3.8, 4) is 0 Å². The van der Waals surface area contributed by atoms with Gasteiger partial charge in [-0.1, -0.05) is 12.1 Å². The van der Waals surface area contributed by atoms with Crippen LogP contribution in [0.3, 0.4) is 0 Å². The van der Waals surface area contributed by atoms with Crippen molar-refractivity contribution in [3.05, 3.63) is 34.4 Å². The third-order valence-electron chi connectivity index (χ3n) is 2.39. The third kappa shape index (κ3) is 2.64. The minimum Gasteiger partial charge on any atom is -0.300 e. The molecule has 98 valence electrons. The van der Waals surface area contributed by atoms with E-state index in [4.69, 9.17) is 4.84 Å². The highest BCUT2D eigenvalue weighted by molar-refractivity contribution is 7.89. The number of nitrogens with zero attached hydrogens (tertiary/aromatic N) is 1. The Morgan fingerprint density at radius 3 is 2.78 bits per heavy atom. The van der Waals surface area contributed by atoms with Crippen LogP contribution in [0.25, 0.3) is 0 Å². The predicted octanol–water partition coefficient (Wildman–Crippen LogP) is -0.224. The molecule has 2 rings (SSSR count). The number of hydroxylamine groups is 1. The molecule has 8 nitrogen and oxygen atoms in total. The molecule has 1 aromatic rings. The number of hydrogen-bond donors (Lipinski definition) is 2. The summed E-state index contributed by atoms with van der Waals surface area (Å²) in [4.78, 5) is 14.5. The highest BCUT2D eigenvalue weighted by Gasteiger charge is 2.29. The second-order valence-corrected chi connectivity index (χ2v) is 5.38. The molecule has 0 radical (unpaired) electrons. The van der Waals surface area contributed by atoms with Gasteiger partial charge in [-0.05, 0) is 6.07 Å². The number of benzene rings is 1. The molecule has 2 N–H and O–H groups in total. The van der Waals surface area contributed by atoms with Crippen LogP contribution in [0.2, 0.25) is 0 Å². The SMILES string of the molecule is O=[N+]([O-])c1ccccc1S(=O)(=O)N[C@@H]1CNOC1. The number of rotatable bonds is 4. The summed E-state index contributed by atoms with van der Waals surface area (Å²) in [5.74, 6) is 0. The second kappa shape index (κ2) is 4.98. The lowest BCUT2D eigenvalue weighted by atomic mass is 10.3. The van der Waals surface area contributed by atoms with Crippen LogP contribution in [0, 0.1) is 10.1 Å². The van der Waals surface area contributed by atoms with Gasteiger partial charge in [0.05, 0.1) is 17.6 Å². The van der Waals surface area contributed by atoms with Crippen molar-refractivity contribution in [3.63, 3.8) is 0 Å². The lowest BCUT2D eigenvalue weighted by Crippen LogP contribution is -2.38. The Kier molecular flexibility index (Phi) is 3.57. The fourth-order valence-electron chi connectivity index (χ4n) is 1.57. The lowest BCUT2D eigenvalue weighted by Gasteiger charge is -2.10. The number of nitrogens with one attached hydrogen (secondary N) is 2. The van der Waals surface area contributed by atoms with E-state index in [2.05, 4.69) is 10.2 Å². The van der Waals surface area contributed by atoms with Crippen molar-refractivity contribution in [2.24, 2.45) is 0 Å². The minimum atomic E-state index is -3.93. The first-order valence-corrected chi connectivity index (χ1v) is 6.59. The maximum absolute atomic E-state index is 12.0. The first-order valence-electron chi connectivity index (χ1n) is 5.11. The van der Waals surface area contributed by atoms with E-state index in [0.717, 1.165) is 6.07 Å². The van der Waals surface area contributed by atoms with E-state index in [1.165, 1.54) is 18.2 Å². The Morgan fingerprint density at radius 2 is 2.17 bits per heavy atom. The largest absolute Gasteiger partial charge is 0.300 e. The van der Waals surface area contributed by atoms with E-state index in [0.29, 0.717) is 6.54 Å². The summed E-state index contributed by atoms with van der Waals surface area (Å²) in [6.45, 7) is 0.500. The van der Waals surface area contributed by atoms with Crippen LogP contribution in [-0.4, -0.2) is 32.5 Å². The van der Waals surface area contributed by atoms with Crippen LogP contribution in [0.1, 0.15) is 0 Å². The number of nitro benzene ring substituents is 1.